The van der Waals surface area contributed by atoms with Crippen molar-refractivity contribution < 1.29 is 0 Å². The van der Waals surface area contributed by atoms with Gasteiger partial charge in [-0.2, -0.15) is 0 Å². The summed E-state index contributed by atoms with van der Waals surface area (Å²) in [7, 11) is 0. The second-order valence-corrected chi connectivity index (χ2v) is 12.2. The Bertz CT molecular complexity index is 2470. The van der Waals surface area contributed by atoms with E-state index in [1.54, 1.807) is 0 Å². The Morgan fingerprint density at radius 2 is 1.02 bits per heavy atom. The molecule has 0 amide bonds. The van der Waals surface area contributed by atoms with E-state index in [0.29, 0.717) is 0 Å². The van der Waals surface area contributed by atoms with E-state index >= 15 is 0 Å². The molecule has 0 atom stereocenters. The summed E-state index contributed by atoms with van der Waals surface area (Å²) in [5, 5.41) is 7.70. The van der Waals surface area contributed by atoms with Crippen LogP contribution in [0.5, 0.6) is 0 Å². The molecule has 0 aliphatic rings. The molecule has 0 spiro atoms. The van der Waals surface area contributed by atoms with Crippen molar-refractivity contribution in [2.75, 3.05) is 0 Å². The van der Waals surface area contributed by atoms with E-state index in [4.69, 9.17) is 4.98 Å². The molecule has 0 bridgehead atoms. The molecule has 2 nitrogen and oxygen atoms in total. The molecule has 9 rings (SSSR count). The van der Waals surface area contributed by atoms with Gasteiger partial charge in [0.15, 0.2) is 0 Å². The first-order chi connectivity index (χ1) is 21.3. The molecule has 3 heteroatoms. The highest BCUT2D eigenvalue weighted by molar-refractivity contribution is 7.25. The van der Waals surface area contributed by atoms with Gasteiger partial charge in [0.05, 0.1) is 16.7 Å². The molecule has 0 fully saturated rings. The summed E-state index contributed by atoms with van der Waals surface area (Å²) < 4.78 is 4.95. The van der Waals surface area contributed by atoms with E-state index in [1.165, 1.54) is 64.0 Å². The Labute approximate surface area is 253 Å². The predicted octanol–water partition coefficient (Wildman–Crippen LogP) is 11.3. The fourth-order valence-corrected chi connectivity index (χ4v) is 8.15. The topological polar surface area (TPSA) is 17.8 Å². The van der Waals surface area contributed by atoms with Gasteiger partial charge in [-0.15, -0.1) is 11.3 Å². The highest BCUT2D eigenvalue weighted by atomic mass is 32.1. The lowest BCUT2D eigenvalue weighted by Gasteiger charge is -2.20. The standard InChI is InChI=1S/C40H26N2S/c1-25-41-33-20-8-10-22-35(33)42(25)34-21-9-6-17-30(34)38-26-13-2-4-15-28(26)39(29-16-5-3-14-27(29)38)32-19-12-24-37-40(32)31-18-7-11-23-36(31)43-37/h2-24H,1H3. The smallest absolute Gasteiger partial charge is 0.111 e. The third-order valence-electron chi connectivity index (χ3n) is 8.75. The molecule has 0 N–H and O–H groups in total. The van der Waals surface area contributed by atoms with Crippen LogP contribution in [0, 0.1) is 6.92 Å². The van der Waals surface area contributed by atoms with Crippen LogP contribution in [0.2, 0.25) is 0 Å². The zero-order chi connectivity index (χ0) is 28.5. The molecule has 2 heterocycles. The summed E-state index contributed by atoms with van der Waals surface area (Å²) in [4.78, 5) is 4.92. The fourth-order valence-electron chi connectivity index (χ4n) is 7.02. The van der Waals surface area contributed by atoms with E-state index < -0.39 is 0 Å². The third kappa shape index (κ3) is 3.55. The number of nitrogens with zero attached hydrogens (tertiary/aromatic N) is 2. The van der Waals surface area contributed by atoms with Crippen molar-refractivity contribution in [3.05, 3.63) is 145 Å². The maximum atomic E-state index is 4.92. The van der Waals surface area contributed by atoms with Gasteiger partial charge in [-0.25, -0.2) is 4.98 Å². The SMILES string of the molecule is Cc1nc2ccccc2n1-c1ccccc1-c1c2ccccc2c(-c2cccc3sc4ccccc4c23)c2ccccc12. The number of thiophene rings is 1. The second-order valence-electron chi connectivity index (χ2n) is 11.1. The minimum atomic E-state index is 0.981. The first-order valence-corrected chi connectivity index (χ1v) is 15.5. The Morgan fingerprint density at radius 3 is 1.77 bits per heavy atom. The molecule has 0 unspecified atom stereocenters. The van der Waals surface area contributed by atoms with E-state index in [2.05, 4.69) is 151 Å². The highest BCUT2D eigenvalue weighted by Crippen LogP contribution is 2.48. The molecule has 43 heavy (non-hydrogen) atoms. The van der Waals surface area contributed by atoms with Crippen molar-refractivity contribution >= 4 is 64.1 Å². The molecule has 2 aromatic heterocycles. The van der Waals surface area contributed by atoms with Gasteiger partial charge in [0, 0.05) is 25.7 Å². The maximum Gasteiger partial charge on any atom is 0.111 e. The number of benzene rings is 7. The first-order valence-electron chi connectivity index (χ1n) is 14.7. The number of hydrogen-bond donors (Lipinski definition) is 0. The molecule has 9 aromatic rings. The van der Waals surface area contributed by atoms with Crippen molar-refractivity contribution in [1.29, 1.82) is 0 Å². The lowest BCUT2D eigenvalue weighted by atomic mass is 9.84. The Kier molecular flexibility index (Phi) is 5.32. The van der Waals surface area contributed by atoms with Crippen LogP contribution in [0.3, 0.4) is 0 Å². The summed E-state index contributed by atoms with van der Waals surface area (Å²) in [5.74, 6) is 0.981. The average Bonchev–Trinajstić information content (AvgIpc) is 3.60. The first kappa shape index (κ1) is 24.4. The third-order valence-corrected chi connectivity index (χ3v) is 9.88. The van der Waals surface area contributed by atoms with Gasteiger partial charge >= 0.3 is 0 Å². The van der Waals surface area contributed by atoms with Gasteiger partial charge in [0.1, 0.15) is 5.82 Å². The highest BCUT2D eigenvalue weighted by Gasteiger charge is 2.22. The number of aryl methyl sites for hydroxylation is 1. The van der Waals surface area contributed by atoms with Gasteiger partial charge in [-0.05, 0) is 75.5 Å². The van der Waals surface area contributed by atoms with Gasteiger partial charge in [0.25, 0.3) is 0 Å². The van der Waals surface area contributed by atoms with Crippen LogP contribution < -0.4 is 0 Å². The van der Waals surface area contributed by atoms with Crippen LogP contribution in [0.25, 0.3) is 80.7 Å². The summed E-state index contributed by atoms with van der Waals surface area (Å²) in [6.45, 7) is 2.10. The summed E-state index contributed by atoms with van der Waals surface area (Å²) in [6.07, 6.45) is 0. The zero-order valence-corrected chi connectivity index (χ0v) is 24.4. The summed E-state index contributed by atoms with van der Waals surface area (Å²) in [5.41, 5.74) is 8.31. The Morgan fingerprint density at radius 1 is 0.488 bits per heavy atom. The van der Waals surface area contributed by atoms with E-state index in [-0.39, 0.29) is 0 Å². The van der Waals surface area contributed by atoms with Crippen molar-refractivity contribution in [3.8, 4) is 27.9 Å². The normalized spacial score (nSPS) is 11.8. The van der Waals surface area contributed by atoms with Crippen LogP contribution in [0.15, 0.2) is 140 Å². The number of aromatic nitrogens is 2. The molecule has 0 radical (unpaired) electrons. The molecule has 202 valence electrons. The largest absolute Gasteiger partial charge is 0.296 e. The minimum Gasteiger partial charge on any atom is -0.296 e. The molecule has 0 aliphatic carbocycles. The van der Waals surface area contributed by atoms with Crippen molar-refractivity contribution in [3.63, 3.8) is 0 Å². The van der Waals surface area contributed by atoms with Gasteiger partial charge in [0.2, 0.25) is 0 Å². The number of para-hydroxylation sites is 3. The predicted molar refractivity (Wildman–Crippen MR) is 185 cm³/mol. The number of hydrogen-bond acceptors (Lipinski definition) is 2. The molecule has 7 aromatic carbocycles. The molecular formula is C40H26N2S. The number of fused-ring (bicyclic) bond motifs is 6. The Hall–Kier alpha value is -5.25. The van der Waals surface area contributed by atoms with Gasteiger partial charge in [-0.1, -0.05) is 109 Å². The lowest BCUT2D eigenvalue weighted by Crippen LogP contribution is -2.00. The minimum absolute atomic E-state index is 0.981. The summed E-state index contributed by atoms with van der Waals surface area (Å²) >= 11 is 1.88. The van der Waals surface area contributed by atoms with E-state index in [0.717, 1.165) is 22.5 Å². The van der Waals surface area contributed by atoms with Crippen LogP contribution in [-0.2, 0) is 0 Å². The quantitative estimate of drug-likeness (QED) is 0.195. The van der Waals surface area contributed by atoms with Crippen molar-refractivity contribution in [2.24, 2.45) is 0 Å². The van der Waals surface area contributed by atoms with E-state index in [9.17, 15) is 0 Å². The van der Waals surface area contributed by atoms with Crippen LogP contribution in [0.4, 0.5) is 0 Å². The Balaban J connectivity index is 1.43. The maximum absolute atomic E-state index is 4.92. The molecule has 0 saturated heterocycles. The average molecular weight is 567 g/mol. The van der Waals surface area contributed by atoms with Gasteiger partial charge in [-0.3, -0.25) is 4.57 Å². The van der Waals surface area contributed by atoms with Crippen molar-refractivity contribution in [2.45, 2.75) is 6.92 Å². The zero-order valence-electron chi connectivity index (χ0n) is 23.6. The van der Waals surface area contributed by atoms with Crippen LogP contribution in [-0.4, -0.2) is 9.55 Å². The molecule has 0 aliphatic heterocycles. The monoisotopic (exact) mass is 566 g/mol. The van der Waals surface area contributed by atoms with Crippen LogP contribution in [0.1, 0.15) is 5.82 Å². The molecular weight excluding hydrogens is 541 g/mol. The number of rotatable bonds is 3. The van der Waals surface area contributed by atoms with E-state index in [1.807, 2.05) is 11.3 Å². The van der Waals surface area contributed by atoms with Crippen LogP contribution >= 0.6 is 11.3 Å². The second kappa shape index (κ2) is 9.38. The molecule has 0 saturated carbocycles. The van der Waals surface area contributed by atoms with Crippen molar-refractivity contribution in [1.82, 2.24) is 9.55 Å². The summed E-state index contributed by atoms with van der Waals surface area (Å²) in [6, 6.07) is 50.7. The fraction of sp³-hybridized carbons (Fsp3) is 0.0250. The number of imidazole rings is 1. The lowest BCUT2D eigenvalue weighted by molar-refractivity contribution is 1.00. The van der Waals surface area contributed by atoms with Gasteiger partial charge < -0.3 is 0 Å².